The minimum absolute atomic E-state index is 0.0260. The first-order valence-electron chi connectivity index (χ1n) is 7.12. The predicted molar refractivity (Wildman–Crippen MR) is 67.1 cm³/mol. The van der Waals surface area contributed by atoms with Crippen molar-refractivity contribution >= 4 is 5.97 Å². The fourth-order valence-electron chi connectivity index (χ4n) is 3.02. The Kier molecular flexibility index (Phi) is 5.01. The summed E-state index contributed by atoms with van der Waals surface area (Å²) in [6.45, 7) is 0. The minimum atomic E-state index is -0.499. The Morgan fingerprint density at radius 2 is 1.61 bits per heavy atom. The van der Waals surface area contributed by atoms with E-state index in [1.54, 1.807) is 7.11 Å². The second-order valence-corrected chi connectivity index (χ2v) is 5.53. The van der Waals surface area contributed by atoms with Gasteiger partial charge < -0.3 is 14.6 Å². The van der Waals surface area contributed by atoms with Crippen molar-refractivity contribution in [3.8, 4) is 0 Å². The zero-order valence-corrected chi connectivity index (χ0v) is 11.1. The molecule has 0 radical (unpaired) electrons. The van der Waals surface area contributed by atoms with Crippen LogP contribution in [0.4, 0.5) is 0 Å². The molecule has 2 aliphatic carbocycles. The van der Waals surface area contributed by atoms with Gasteiger partial charge in [0, 0.05) is 7.11 Å². The maximum absolute atomic E-state index is 12.0. The van der Waals surface area contributed by atoms with Crippen LogP contribution in [0.2, 0.25) is 0 Å². The van der Waals surface area contributed by atoms with Crippen molar-refractivity contribution in [2.45, 2.75) is 69.7 Å². The molecule has 0 amide bonds. The monoisotopic (exact) mass is 256 g/mol. The molecule has 4 heteroatoms. The summed E-state index contributed by atoms with van der Waals surface area (Å²) in [4.78, 5) is 12.0. The Balaban J connectivity index is 1.77. The maximum Gasteiger partial charge on any atom is 0.311 e. The molecule has 0 heterocycles. The lowest BCUT2D eigenvalue weighted by molar-refractivity contribution is -0.162. The summed E-state index contributed by atoms with van der Waals surface area (Å²) < 4.78 is 10.8. The summed E-state index contributed by atoms with van der Waals surface area (Å²) in [7, 11) is 1.73. The first-order chi connectivity index (χ1) is 8.70. The first kappa shape index (κ1) is 13.8. The Morgan fingerprint density at radius 3 is 2.22 bits per heavy atom. The van der Waals surface area contributed by atoms with Crippen LogP contribution in [0.15, 0.2) is 0 Å². The van der Waals surface area contributed by atoms with E-state index in [9.17, 15) is 9.90 Å². The molecule has 2 rings (SSSR count). The fourth-order valence-corrected chi connectivity index (χ4v) is 3.02. The average Bonchev–Trinajstić information content (AvgIpc) is 2.40. The molecule has 0 aromatic heterocycles. The van der Waals surface area contributed by atoms with Crippen molar-refractivity contribution in [3.63, 3.8) is 0 Å². The molecule has 2 unspecified atom stereocenters. The highest BCUT2D eigenvalue weighted by atomic mass is 16.5. The van der Waals surface area contributed by atoms with Gasteiger partial charge in [0.05, 0.1) is 18.1 Å². The van der Waals surface area contributed by atoms with E-state index < -0.39 is 6.10 Å². The van der Waals surface area contributed by atoms with Gasteiger partial charge in [-0.1, -0.05) is 12.8 Å². The summed E-state index contributed by atoms with van der Waals surface area (Å²) in [6, 6.07) is 0. The second kappa shape index (κ2) is 6.53. The Bertz CT molecular complexity index is 271. The number of ether oxygens (including phenoxy) is 2. The number of aliphatic hydroxyl groups is 1. The summed E-state index contributed by atoms with van der Waals surface area (Å²) in [6.07, 6.45) is 7.07. The van der Waals surface area contributed by atoms with Crippen LogP contribution >= 0.6 is 0 Å². The number of methoxy groups -OCH3 is 1. The van der Waals surface area contributed by atoms with E-state index in [4.69, 9.17) is 9.47 Å². The van der Waals surface area contributed by atoms with Crippen LogP contribution in [0.5, 0.6) is 0 Å². The zero-order valence-electron chi connectivity index (χ0n) is 11.1. The van der Waals surface area contributed by atoms with E-state index in [0.29, 0.717) is 6.10 Å². The summed E-state index contributed by atoms with van der Waals surface area (Å²) >= 11 is 0. The topological polar surface area (TPSA) is 55.8 Å². The van der Waals surface area contributed by atoms with Crippen molar-refractivity contribution in [1.82, 2.24) is 0 Å². The van der Waals surface area contributed by atoms with Gasteiger partial charge in [0.25, 0.3) is 0 Å². The molecule has 2 saturated carbocycles. The van der Waals surface area contributed by atoms with E-state index in [1.165, 1.54) is 0 Å². The largest absolute Gasteiger partial charge is 0.462 e. The van der Waals surface area contributed by atoms with Crippen LogP contribution in [0.25, 0.3) is 0 Å². The number of rotatable bonds is 3. The smallest absolute Gasteiger partial charge is 0.311 e. The third-order valence-corrected chi connectivity index (χ3v) is 4.27. The van der Waals surface area contributed by atoms with Crippen LogP contribution in [0, 0.1) is 5.92 Å². The van der Waals surface area contributed by atoms with E-state index in [2.05, 4.69) is 0 Å². The number of esters is 1. The SMILES string of the molecule is COC1CCC(OC(=O)C2CCCCC2O)CC1. The summed E-state index contributed by atoms with van der Waals surface area (Å²) in [5.41, 5.74) is 0. The Hall–Kier alpha value is -0.610. The lowest BCUT2D eigenvalue weighted by Gasteiger charge is -2.31. The molecule has 2 aliphatic rings. The van der Waals surface area contributed by atoms with Gasteiger partial charge in [0.2, 0.25) is 0 Å². The van der Waals surface area contributed by atoms with Gasteiger partial charge in [-0.2, -0.15) is 0 Å². The molecule has 2 atom stereocenters. The molecule has 2 fully saturated rings. The van der Waals surface area contributed by atoms with Crippen molar-refractivity contribution in [1.29, 1.82) is 0 Å². The molecule has 0 saturated heterocycles. The van der Waals surface area contributed by atoms with Crippen LogP contribution in [0.1, 0.15) is 51.4 Å². The Morgan fingerprint density at radius 1 is 1.00 bits per heavy atom. The van der Waals surface area contributed by atoms with Gasteiger partial charge in [0.15, 0.2) is 0 Å². The zero-order chi connectivity index (χ0) is 13.0. The van der Waals surface area contributed by atoms with E-state index >= 15 is 0 Å². The number of hydrogen-bond donors (Lipinski definition) is 1. The molecule has 0 bridgehead atoms. The predicted octanol–water partition coefficient (Wildman–Crippen LogP) is 2.04. The number of aliphatic hydroxyl groups excluding tert-OH is 1. The van der Waals surface area contributed by atoms with Crippen molar-refractivity contribution in [2.75, 3.05) is 7.11 Å². The van der Waals surface area contributed by atoms with Gasteiger partial charge >= 0.3 is 5.97 Å². The van der Waals surface area contributed by atoms with Crippen molar-refractivity contribution < 1.29 is 19.4 Å². The third-order valence-electron chi connectivity index (χ3n) is 4.27. The maximum atomic E-state index is 12.0. The van der Waals surface area contributed by atoms with Gasteiger partial charge in [0.1, 0.15) is 6.10 Å². The van der Waals surface area contributed by atoms with Crippen molar-refractivity contribution in [3.05, 3.63) is 0 Å². The standard InChI is InChI=1S/C14H24O4/c1-17-10-6-8-11(9-7-10)18-14(16)12-4-2-3-5-13(12)15/h10-13,15H,2-9H2,1H3. The van der Waals surface area contributed by atoms with Crippen LogP contribution in [0.3, 0.4) is 0 Å². The van der Waals surface area contributed by atoms with Crippen LogP contribution in [-0.2, 0) is 14.3 Å². The van der Waals surface area contributed by atoms with E-state index in [0.717, 1.165) is 51.4 Å². The summed E-state index contributed by atoms with van der Waals surface area (Å²) in [5, 5.41) is 9.83. The van der Waals surface area contributed by atoms with Gasteiger partial charge in [-0.3, -0.25) is 4.79 Å². The van der Waals surface area contributed by atoms with E-state index in [1.807, 2.05) is 0 Å². The molecule has 4 nitrogen and oxygen atoms in total. The fraction of sp³-hybridized carbons (Fsp3) is 0.929. The normalized spacial score (nSPS) is 37.2. The van der Waals surface area contributed by atoms with Crippen LogP contribution in [-0.4, -0.2) is 36.5 Å². The van der Waals surface area contributed by atoms with Crippen molar-refractivity contribution in [2.24, 2.45) is 5.92 Å². The second-order valence-electron chi connectivity index (χ2n) is 5.53. The van der Waals surface area contributed by atoms with Gasteiger partial charge in [-0.25, -0.2) is 0 Å². The highest BCUT2D eigenvalue weighted by Gasteiger charge is 2.33. The highest BCUT2D eigenvalue weighted by Crippen LogP contribution is 2.28. The highest BCUT2D eigenvalue weighted by molar-refractivity contribution is 5.73. The molecule has 104 valence electrons. The molecule has 0 aliphatic heterocycles. The first-order valence-corrected chi connectivity index (χ1v) is 7.12. The Labute approximate surface area is 109 Å². The minimum Gasteiger partial charge on any atom is -0.462 e. The van der Waals surface area contributed by atoms with Gasteiger partial charge in [-0.05, 0) is 38.5 Å². The quantitative estimate of drug-likeness (QED) is 0.785. The van der Waals surface area contributed by atoms with E-state index in [-0.39, 0.29) is 18.0 Å². The average molecular weight is 256 g/mol. The lowest BCUT2D eigenvalue weighted by Crippen LogP contribution is -2.36. The number of carbonyl (C=O) groups is 1. The molecular weight excluding hydrogens is 232 g/mol. The number of hydrogen-bond acceptors (Lipinski definition) is 4. The molecule has 18 heavy (non-hydrogen) atoms. The van der Waals surface area contributed by atoms with Crippen LogP contribution < -0.4 is 0 Å². The molecule has 0 aromatic carbocycles. The molecular formula is C14H24O4. The lowest BCUT2D eigenvalue weighted by atomic mass is 9.86. The molecule has 0 aromatic rings. The number of carbonyl (C=O) groups excluding carboxylic acids is 1. The summed E-state index contributed by atoms with van der Waals surface area (Å²) in [5.74, 6) is -0.484. The molecule has 0 spiro atoms. The third kappa shape index (κ3) is 3.45. The molecule has 1 N–H and O–H groups in total. The van der Waals surface area contributed by atoms with Gasteiger partial charge in [-0.15, -0.1) is 0 Å².